The summed E-state index contributed by atoms with van der Waals surface area (Å²) >= 11 is 0. The predicted octanol–water partition coefficient (Wildman–Crippen LogP) is 2.21. The lowest BCUT2D eigenvalue weighted by Gasteiger charge is -2.29. The molecule has 0 unspecified atom stereocenters. The van der Waals surface area contributed by atoms with Crippen LogP contribution in [0.15, 0.2) is 29.8 Å². The molecular formula is C14H16N2O. The van der Waals surface area contributed by atoms with Gasteiger partial charge in [0.15, 0.2) is 0 Å². The maximum absolute atomic E-state index is 9.16. The highest BCUT2D eigenvalue weighted by atomic mass is 16.3. The lowest BCUT2D eigenvalue weighted by Crippen LogP contribution is -2.29. The first-order valence-corrected chi connectivity index (χ1v) is 5.79. The molecule has 0 radical (unpaired) electrons. The average molecular weight is 228 g/mol. The lowest BCUT2D eigenvalue weighted by atomic mass is 10.1. The van der Waals surface area contributed by atoms with Gasteiger partial charge in [0.2, 0.25) is 0 Å². The van der Waals surface area contributed by atoms with E-state index in [0.717, 1.165) is 30.8 Å². The van der Waals surface area contributed by atoms with E-state index in [4.69, 9.17) is 10.4 Å². The second-order valence-electron chi connectivity index (χ2n) is 4.38. The molecule has 0 saturated heterocycles. The van der Waals surface area contributed by atoms with E-state index in [1.165, 1.54) is 5.57 Å². The molecule has 0 bridgehead atoms. The first kappa shape index (κ1) is 11.7. The minimum absolute atomic E-state index is 0.0199. The molecule has 1 N–H and O–H groups in total. The normalized spacial score (nSPS) is 15.4. The molecule has 0 fully saturated rings. The van der Waals surface area contributed by atoms with E-state index in [2.05, 4.69) is 24.0 Å². The summed E-state index contributed by atoms with van der Waals surface area (Å²) in [5, 5.41) is 18.2. The van der Waals surface area contributed by atoms with Crippen LogP contribution in [0.4, 0.5) is 5.69 Å². The SMILES string of the molecule is CC1=CCCN(c2ccc(CO)cc2C#N)C1. The molecule has 2 rings (SSSR count). The van der Waals surface area contributed by atoms with Gasteiger partial charge < -0.3 is 10.0 Å². The van der Waals surface area contributed by atoms with E-state index in [9.17, 15) is 0 Å². The van der Waals surface area contributed by atoms with Crippen LogP contribution in [0, 0.1) is 11.3 Å². The molecule has 0 aliphatic carbocycles. The van der Waals surface area contributed by atoms with Crippen molar-refractivity contribution in [2.45, 2.75) is 20.0 Å². The Kier molecular flexibility index (Phi) is 3.46. The van der Waals surface area contributed by atoms with Crippen molar-refractivity contribution in [2.24, 2.45) is 0 Å². The van der Waals surface area contributed by atoms with Gasteiger partial charge in [0.05, 0.1) is 17.9 Å². The van der Waals surface area contributed by atoms with Crippen LogP contribution in [0.5, 0.6) is 0 Å². The maximum Gasteiger partial charge on any atom is 0.101 e. The first-order valence-electron chi connectivity index (χ1n) is 5.79. The van der Waals surface area contributed by atoms with Crippen molar-refractivity contribution in [1.82, 2.24) is 0 Å². The predicted molar refractivity (Wildman–Crippen MR) is 67.7 cm³/mol. The molecule has 17 heavy (non-hydrogen) atoms. The molecule has 3 nitrogen and oxygen atoms in total. The molecule has 0 spiro atoms. The van der Waals surface area contributed by atoms with Gasteiger partial charge in [0.25, 0.3) is 0 Å². The molecule has 1 heterocycles. The fraction of sp³-hybridized carbons (Fsp3) is 0.357. The second kappa shape index (κ2) is 5.03. The topological polar surface area (TPSA) is 47.3 Å². The third-order valence-electron chi connectivity index (χ3n) is 3.04. The van der Waals surface area contributed by atoms with Gasteiger partial charge in [0, 0.05) is 13.1 Å². The van der Waals surface area contributed by atoms with Crippen LogP contribution in [0.25, 0.3) is 0 Å². The Bertz CT molecular complexity index is 485. The molecule has 1 aliphatic rings. The number of nitrogens with zero attached hydrogens (tertiary/aromatic N) is 2. The number of rotatable bonds is 2. The Hall–Kier alpha value is -1.79. The van der Waals surface area contributed by atoms with Crippen LogP contribution < -0.4 is 4.90 Å². The number of nitriles is 1. The molecular weight excluding hydrogens is 212 g/mol. The van der Waals surface area contributed by atoms with Crippen LogP contribution in [0.3, 0.4) is 0 Å². The van der Waals surface area contributed by atoms with Gasteiger partial charge in [-0.2, -0.15) is 5.26 Å². The van der Waals surface area contributed by atoms with E-state index < -0.39 is 0 Å². The smallest absolute Gasteiger partial charge is 0.101 e. The number of benzene rings is 1. The molecule has 1 aromatic rings. The molecule has 0 saturated carbocycles. The van der Waals surface area contributed by atoms with Crippen molar-refractivity contribution < 1.29 is 5.11 Å². The van der Waals surface area contributed by atoms with Gasteiger partial charge in [-0.1, -0.05) is 17.7 Å². The Labute approximate surface area is 102 Å². The fourth-order valence-corrected chi connectivity index (χ4v) is 2.16. The standard InChI is InChI=1S/C14H16N2O/c1-11-3-2-6-16(9-11)14-5-4-12(10-17)7-13(14)8-15/h3-5,7,17H,2,6,9-10H2,1H3. The van der Waals surface area contributed by atoms with Crippen molar-refractivity contribution in [3.8, 4) is 6.07 Å². The first-order chi connectivity index (χ1) is 8.24. The van der Waals surface area contributed by atoms with Crippen molar-refractivity contribution in [3.05, 3.63) is 41.0 Å². The zero-order valence-corrected chi connectivity index (χ0v) is 9.98. The van der Waals surface area contributed by atoms with Crippen LogP contribution >= 0.6 is 0 Å². The van der Waals surface area contributed by atoms with Crippen molar-refractivity contribution in [2.75, 3.05) is 18.0 Å². The summed E-state index contributed by atoms with van der Waals surface area (Å²) < 4.78 is 0. The highest BCUT2D eigenvalue weighted by Gasteiger charge is 2.14. The molecule has 0 amide bonds. The molecule has 0 aromatic heterocycles. The van der Waals surface area contributed by atoms with Gasteiger partial charge in [-0.3, -0.25) is 0 Å². The Morgan fingerprint density at radius 2 is 2.29 bits per heavy atom. The Morgan fingerprint density at radius 3 is 2.94 bits per heavy atom. The average Bonchev–Trinajstić information content (AvgIpc) is 2.38. The molecule has 3 heteroatoms. The van der Waals surface area contributed by atoms with Crippen molar-refractivity contribution in [1.29, 1.82) is 5.26 Å². The molecule has 1 aliphatic heterocycles. The van der Waals surface area contributed by atoms with Crippen molar-refractivity contribution >= 4 is 5.69 Å². The van der Waals surface area contributed by atoms with Crippen LogP contribution in [-0.2, 0) is 6.61 Å². The highest BCUT2D eigenvalue weighted by Crippen LogP contribution is 2.24. The van der Waals surface area contributed by atoms with Crippen LogP contribution in [-0.4, -0.2) is 18.2 Å². The number of anilines is 1. The van der Waals surface area contributed by atoms with E-state index in [-0.39, 0.29) is 6.61 Å². The Morgan fingerprint density at radius 1 is 1.47 bits per heavy atom. The summed E-state index contributed by atoms with van der Waals surface area (Å²) in [6.07, 6.45) is 3.27. The Balaban J connectivity index is 2.33. The van der Waals surface area contributed by atoms with E-state index in [0.29, 0.717) is 5.56 Å². The quantitative estimate of drug-likeness (QED) is 0.789. The summed E-state index contributed by atoms with van der Waals surface area (Å²) in [5.74, 6) is 0. The summed E-state index contributed by atoms with van der Waals surface area (Å²) in [5.41, 5.74) is 3.74. The third kappa shape index (κ3) is 2.48. The fourth-order valence-electron chi connectivity index (χ4n) is 2.16. The molecule has 88 valence electrons. The number of aliphatic hydroxyl groups excluding tert-OH is 1. The van der Waals surface area contributed by atoms with Gasteiger partial charge in [-0.25, -0.2) is 0 Å². The number of hydrogen-bond acceptors (Lipinski definition) is 3. The highest BCUT2D eigenvalue weighted by molar-refractivity contribution is 5.61. The number of hydrogen-bond donors (Lipinski definition) is 1. The van der Waals surface area contributed by atoms with E-state index in [1.54, 1.807) is 6.07 Å². The zero-order valence-electron chi connectivity index (χ0n) is 9.98. The second-order valence-corrected chi connectivity index (χ2v) is 4.38. The largest absolute Gasteiger partial charge is 0.392 e. The summed E-state index contributed by atoms with van der Waals surface area (Å²) in [6, 6.07) is 7.79. The maximum atomic E-state index is 9.16. The third-order valence-corrected chi connectivity index (χ3v) is 3.04. The van der Waals surface area contributed by atoms with E-state index in [1.807, 2.05) is 12.1 Å². The summed E-state index contributed by atoms with van der Waals surface area (Å²) in [4.78, 5) is 2.22. The monoisotopic (exact) mass is 228 g/mol. The lowest BCUT2D eigenvalue weighted by molar-refractivity contribution is 0.282. The van der Waals surface area contributed by atoms with Gasteiger partial charge in [-0.05, 0) is 31.0 Å². The van der Waals surface area contributed by atoms with Crippen molar-refractivity contribution in [3.63, 3.8) is 0 Å². The summed E-state index contributed by atoms with van der Waals surface area (Å²) in [6.45, 7) is 3.92. The molecule has 0 atom stereocenters. The zero-order chi connectivity index (χ0) is 12.3. The summed E-state index contributed by atoms with van der Waals surface area (Å²) in [7, 11) is 0. The minimum atomic E-state index is -0.0199. The number of aliphatic hydroxyl groups is 1. The van der Waals surface area contributed by atoms with Crippen LogP contribution in [0.1, 0.15) is 24.5 Å². The van der Waals surface area contributed by atoms with Gasteiger partial charge >= 0.3 is 0 Å². The minimum Gasteiger partial charge on any atom is -0.392 e. The van der Waals surface area contributed by atoms with Crippen LogP contribution in [0.2, 0.25) is 0 Å². The van der Waals surface area contributed by atoms with E-state index >= 15 is 0 Å². The molecule has 1 aromatic carbocycles. The van der Waals surface area contributed by atoms with Gasteiger partial charge in [0.1, 0.15) is 6.07 Å². The van der Waals surface area contributed by atoms with Gasteiger partial charge in [-0.15, -0.1) is 0 Å².